The second-order valence-corrected chi connectivity index (χ2v) is 4.24. The highest BCUT2D eigenvalue weighted by atomic mass is 19.3. The quantitative estimate of drug-likeness (QED) is 0.904. The van der Waals surface area contributed by atoms with Crippen LogP contribution in [0.4, 0.5) is 8.78 Å². The van der Waals surface area contributed by atoms with Crippen LogP contribution in [0.5, 0.6) is 5.75 Å². The molecule has 1 aromatic heterocycles. The highest BCUT2D eigenvalue weighted by Crippen LogP contribution is 2.20. The first-order valence-electron chi connectivity index (χ1n) is 5.83. The molecule has 0 saturated heterocycles. The highest BCUT2D eigenvalue weighted by Gasteiger charge is 2.10. The van der Waals surface area contributed by atoms with Crippen LogP contribution in [0, 0.1) is 0 Å². The van der Waals surface area contributed by atoms with Crippen LogP contribution in [0.1, 0.15) is 17.3 Å². The number of nitrogens with zero attached hydrogens (tertiary/aromatic N) is 2. The van der Waals surface area contributed by atoms with Crippen molar-refractivity contribution in [1.82, 2.24) is 9.78 Å². The van der Waals surface area contributed by atoms with Crippen LogP contribution in [-0.4, -0.2) is 16.4 Å². The zero-order valence-electron chi connectivity index (χ0n) is 10.5. The minimum Gasteiger partial charge on any atom is -0.435 e. The Labute approximate surface area is 109 Å². The lowest BCUT2D eigenvalue weighted by Gasteiger charge is -2.11. The molecule has 19 heavy (non-hydrogen) atoms. The first-order valence-corrected chi connectivity index (χ1v) is 5.83. The third-order valence-corrected chi connectivity index (χ3v) is 2.73. The lowest BCUT2D eigenvalue weighted by atomic mass is 10.0. The molecular weight excluding hydrogens is 252 g/mol. The fourth-order valence-corrected chi connectivity index (χ4v) is 1.81. The molecule has 0 spiro atoms. The van der Waals surface area contributed by atoms with Crippen molar-refractivity contribution in [3.63, 3.8) is 0 Å². The van der Waals surface area contributed by atoms with Gasteiger partial charge in [-0.05, 0) is 23.8 Å². The Bertz CT molecular complexity index is 525. The van der Waals surface area contributed by atoms with Crippen molar-refractivity contribution in [3.8, 4) is 5.75 Å². The van der Waals surface area contributed by atoms with E-state index in [0.29, 0.717) is 6.42 Å². The van der Waals surface area contributed by atoms with Crippen LogP contribution in [0.25, 0.3) is 0 Å². The summed E-state index contributed by atoms with van der Waals surface area (Å²) in [5.41, 5.74) is 7.79. The second kappa shape index (κ2) is 5.79. The SMILES string of the molecule is Cn1ccc(CC(N)c2ccc(OC(F)F)cc2)n1. The smallest absolute Gasteiger partial charge is 0.387 e. The number of aryl methyl sites for hydroxylation is 1. The van der Waals surface area contributed by atoms with Crippen LogP contribution in [0.15, 0.2) is 36.5 Å². The summed E-state index contributed by atoms with van der Waals surface area (Å²) in [6, 6.07) is 8.01. The molecule has 6 heteroatoms. The largest absolute Gasteiger partial charge is 0.435 e. The Morgan fingerprint density at radius 3 is 2.47 bits per heavy atom. The molecule has 1 heterocycles. The van der Waals surface area contributed by atoms with Crippen molar-refractivity contribution < 1.29 is 13.5 Å². The molecule has 4 nitrogen and oxygen atoms in total. The third-order valence-electron chi connectivity index (χ3n) is 2.73. The van der Waals surface area contributed by atoms with Gasteiger partial charge in [0.05, 0.1) is 5.69 Å². The molecule has 1 atom stereocenters. The van der Waals surface area contributed by atoms with Gasteiger partial charge < -0.3 is 10.5 Å². The Morgan fingerprint density at radius 2 is 1.95 bits per heavy atom. The van der Waals surface area contributed by atoms with Gasteiger partial charge in [-0.25, -0.2) is 0 Å². The Kier molecular flexibility index (Phi) is 4.11. The number of benzene rings is 1. The summed E-state index contributed by atoms with van der Waals surface area (Å²) >= 11 is 0. The van der Waals surface area contributed by atoms with E-state index in [1.165, 1.54) is 12.1 Å². The summed E-state index contributed by atoms with van der Waals surface area (Å²) in [4.78, 5) is 0. The van der Waals surface area contributed by atoms with E-state index < -0.39 is 6.61 Å². The van der Waals surface area contributed by atoms with Gasteiger partial charge in [0, 0.05) is 25.7 Å². The zero-order valence-corrected chi connectivity index (χ0v) is 10.5. The van der Waals surface area contributed by atoms with Gasteiger partial charge >= 0.3 is 6.61 Å². The Balaban J connectivity index is 2.01. The van der Waals surface area contributed by atoms with E-state index in [4.69, 9.17) is 5.73 Å². The van der Waals surface area contributed by atoms with E-state index in [1.54, 1.807) is 16.8 Å². The van der Waals surface area contributed by atoms with E-state index in [1.807, 2.05) is 19.3 Å². The average Bonchev–Trinajstić information content (AvgIpc) is 2.75. The van der Waals surface area contributed by atoms with Crippen LogP contribution < -0.4 is 10.5 Å². The zero-order chi connectivity index (χ0) is 13.8. The molecule has 0 fully saturated rings. The predicted molar refractivity (Wildman–Crippen MR) is 66.9 cm³/mol. The molecule has 2 aromatic rings. The van der Waals surface area contributed by atoms with Crippen molar-refractivity contribution >= 4 is 0 Å². The summed E-state index contributed by atoms with van der Waals surface area (Å²) in [6.07, 6.45) is 2.44. The first kappa shape index (κ1) is 13.5. The van der Waals surface area contributed by atoms with Crippen molar-refractivity contribution in [2.24, 2.45) is 12.8 Å². The number of ether oxygens (including phenoxy) is 1. The van der Waals surface area contributed by atoms with Crippen LogP contribution in [-0.2, 0) is 13.5 Å². The van der Waals surface area contributed by atoms with E-state index in [9.17, 15) is 8.78 Å². The summed E-state index contributed by atoms with van der Waals surface area (Å²) in [5, 5.41) is 4.25. The van der Waals surface area contributed by atoms with Gasteiger partial charge in [-0.3, -0.25) is 4.68 Å². The molecule has 0 bridgehead atoms. The number of rotatable bonds is 5. The summed E-state index contributed by atoms with van der Waals surface area (Å²) < 4.78 is 30.0. The number of halogens is 2. The second-order valence-electron chi connectivity index (χ2n) is 4.24. The molecule has 2 rings (SSSR count). The third kappa shape index (κ3) is 3.75. The maximum absolute atomic E-state index is 12.0. The van der Waals surface area contributed by atoms with Gasteiger partial charge in [-0.15, -0.1) is 0 Å². The molecule has 0 saturated carbocycles. The van der Waals surface area contributed by atoms with Gasteiger partial charge in [-0.1, -0.05) is 12.1 Å². The van der Waals surface area contributed by atoms with Gasteiger partial charge in [0.2, 0.25) is 0 Å². The summed E-state index contributed by atoms with van der Waals surface area (Å²) in [6.45, 7) is -2.81. The lowest BCUT2D eigenvalue weighted by molar-refractivity contribution is -0.0498. The molecule has 0 aliphatic heterocycles. The van der Waals surface area contributed by atoms with Crippen LogP contribution in [0.2, 0.25) is 0 Å². The molecular formula is C13H15F2N3O. The number of hydrogen-bond donors (Lipinski definition) is 1. The Morgan fingerprint density at radius 1 is 1.26 bits per heavy atom. The first-order chi connectivity index (χ1) is 9.04. The van der Waals surface area contributed by atoms with Gasteiger partial charge in [0.1, 0.15) is 5.75 Å². The van der Waals surface area contributed by atoms with Crippen molar-refractivity contribution in [2.75, 3.05) is 0 Å². The molecule has 2 N–H and O–H groups in total. The highest BCUT2D eigenvalue weighted by molar-refractivity contribution is 5.29. The topological polar surface area (TPSA) is 53.1 Å². The molecule has 0 aliphatic carbocycles. The summed E-state index contributed by atoms with van der Waals surface area (Å²) in [7, 11) is 1.84. The van der Waals surface area contributed by atoms with E-state index in [-0.39, 0.29) is 11.8 Å². The predicted octanol–water partition coefficient (Wildman–Crippen LogP) is 2.26. The van der Waals surface area contributed by atoms with Crippen LogP contribution in [0.3, 0.4) is 0 Å². The maximum atomic E-state index is 12.0. The maximum Gasteiger partial charge on any atom is 0.387 e. The average molecular weight is 267 g/mol. The minimum atomic E-state index is -2.81. The van der Waals surface area contributed by atoms with Crippen molar-refractivity contribution in [3.05, 3.63) is 47.8 Å². The fraction of sp³-hybridized carbons (Fsp3) is 0.308. The molecule has 1 aromatic carbocycles. The van der Waals surface area contributed by atoms with Crippen LogP contribution >= 0.6 is 0 Å². The molecule has 0 amide bonds. The lowest BCUT2D eigenvalue weighted by Crippen LogP contribution is -2.14. The normalized spacial score (nSPS) is 12.7. The van der Waals surface area contributed by atoms with E-state index in [0.717, 1.165) is 11.3 Å². The monoisotopic (exact) mass is 267 g/mol. The Hall–Kier alpha value is -1.95. The van der Waals surface area contributed by atoms with E-state index >= 15 is 0 Å². The van der Waals surface area contributed by atoms with Gasteiger partial charge in [-0.2, -0.15) is 13.9 Å². The number of hydrogen-bond acceptors (Lipinski definition) is 3. The standard InChI is InChI=1S/C13H15F2N3O/c1-18-7-6-10(17-18)8-12(16)9-2-4-11(5-3-9)19-13(14)15/h2-7,12-13H,8,16H2,1H3. The van der Waals surface area contributed by atoms with E-state index in [2.05, 4.69) is 9.84 Å². The number of alkyl halides is 2. The van der Waals surface area contributed by atoms with Crippen molar-refractivity contribution in [2.45, 2.75) is 19.1 Å². The van der Waals surface area contributed by atoms with Gasteiger partial charge in [0.25, 0.3) is 0 Å². The molecule has 1 unspecified atom stereocenters. The molecule has 0 radical (unpaired) electrons. The fourth-order valence-electron chi connectivity index (χ4n) is 1.81. The number of nitrogens with two attached hydrogens (primary N) is 1. The molecule has 102 valence electrons. The summed E-state index contributed by atoms with van der Waals surface area (Å²) in [5.74, 6) is 0.129. The molecule has 0 aliphatic rings. The minimum absolute atomic E-state index is 0.129. The van der Waals surface area contributed by atoms with Crippen molar-refractivity contribution in [1.29, 1.82) is 0 Å². The van der Waals surface area contributed by atoms with Gasteiger partial charge in [0.15, 0.2) is 0 Å². The number of aromatic nitrogens is 2.